The van der Waals surface area contributed by atoms with Crippen molar-refractivity contribution in [3.8, 4) is 17.2 Å². The van der Waals surface area contributed by atoms with Gasteiger partial charge in [-0.1, -0.05) is 6.92 Å². The van der Waals surface area contributed by atoms with Gasteiger partial charge in [0.2, 0.25) is 18.1 Å². The molecule has 0 aliphatic carbocycles. The monoisotopic (exact) mass is 311 g/mol. The van der Waals surface area contributed by atoms with Gasteiger partial charge >= 0.3 is 11.7 Å². The summed E-state index contributed by atoms with van der Waals surface area (Å²) in [4.78, 5) is 22.5. The minimum absolute atomic E-state index is 0.0160. The molecule has 1 aromatic carbocycles. The number of fused-ring (bicyclic) bond motifs is 1. The molecule has 1 aliphatic heterocycles. The topological polar surface area (TPSA) is 97.1 Å². The molecule has 22 heavy (non-hydrogen) atoms. The maximum absolute atomic E-state index is 12.0. The molecule has 0 atom stereocenters. The van der Waals surface area contributed by atoms with Gasteiger partial charge in [0.25, 0.3) is 0 Å². The number of nitrogens with zero attached hydrogens (tertiary/aromatic N) is 1. The normalized spacial score (nSPS) is 12.9. The molecule has 120 valence electrons. The van der Waals surface area contributed by atoms with Crippen molar-refractivity contribution in [2.24, 2.45) is 0 Å². The fourth-order valence-electron chi connectivity index (χ4n) is 1.82. The summed E-state index contributed by atoms with van der Waals surface area (Å²) in [6.45, 7) is 5.08. The Bertz CT molecular complexity index is 597. The van der Waals surface area contributed by atoms with Crippen molar-refractivity contribution in [3.63, 3.8) is 0 Å². The minimum atomic E-state index is -1.37. The predicted octanol–water partition coefficient (Wildman–Crippen LogP) is 2.43. The smallest absolute Gasteiger partial charge is 0.349 e. The van der Waals surface area contributed by atoms with Gasteiger partial charge in [0.05, 0.1) is 17.6 Å². The van der Waals surface area contributed by atoms with Gasteiger partial charge in [-0.3, -0.25) is 10.1 Å². The summed E-state index contributed by atoms with van der Waals surface area (Å²) in [5.41, 5.74) is -1.67. The van der Waals surface area contributed by atoms with Gasteiger partial charge < -0.3 is 18.9 Å². The van der Waals surface area contributed by atoms with Crippen molar-refractivity contribution in [2.75, 3.05) is 13.4 Å². The third-order valence-corrected chi connectivity index (χ3v) is 2.94. The summed E-state index contributed by atoms with van der Waals surface area (Å²) < 4.78 is 20.8. The van der Waals surface area contributed by atoms with Gasteiger partial charge in [0.1, 0.15) is 0 Å². The molecule has 0 saturated carbocycles. The highest BCUT2D eigenvalue weighted by Crippen LogP contribution is 2.42. The van der Waals surface area contributed by atoms with E-state index in [0.717, 1.165) is 0 Å². The van der Waals surface area contributed by atoms with Crippen LogP contribution < -0.4 is 14.2 Å². The zero-order chi connectivity index (χ0) is 16.3. The molecule has 1 aromatic rings. The van der Waals surface area contributed by atoms with Crippen LogP contribution in [0.1, 0.15) is 27.2 Å². The van der Waals surface area contributed by atoms with E-state index in [-0.39, 0.29) is 30.6 Å². The molecule has 0 radical (unpaired) electrons. The number of hydrogen-bond acceptors (Lipinski definition) is 7. The summed E-state index contributed by atoms with van der Waals surface area (Å²) in [6.07, 6.45) is 0.673. The second-order valence-corrected chi connectivity index (χ2v) is 5.18. The molecule has 0 fully saturated rings. The average molecular weight is 311 g/mol. The number of carbonyl (C=O) groups excluding carboxylic acids is 1. The van der Waals surface area contributed by atoms with Crippen LogP contribution in [0.25, 0.3) is 0 Å². The Morgan fingerprint density at radius 2 is 2.00 bits per heavy atom. The van der Waals surface area contributed by atoms with Gasteiger partial charge in [0.15, 0.2) is 11.5 Å². The van der Waals surface area contributed by atoms with Gasteiger partial charge in [-0.25, -0.2) is 4.79 Å². The molecule has 2 rings (SSSR count). The zero-order valence-electron chi connectivity index (χ0n) is 12.6. The number of rotatable bonds is 6. The summed E-state index contributed by atoms with van der Waals surface area (Å²) in [7, 11) is 0. The van der Waals surface area contributed by atoms with Gasteiger partial charge in [0, 0.05) is 6.07 Å². The van der Waals surface area contributed by atoms with Crippen LogP contribution in [-0.4, -0.2) is 29.9 Å². The Kier molecular flexibility index (Phi) is 4.39. The van der Waals surface area contributed by atoms with Crippen molar-refractivity contribution in [1.29, 1.82) is 0 Å². The maximum atomic E-state index is 12.0. The fourth-order valence-corrected chi connectivity index (χ4v) is 1.82. The third-order valence-electron chi connectivity index (χ3n) is 2.94. The molecule has 0 amide bonds. The Hall–Kier alpha value is -2.51. The maximum Gasteiger partial charge on any atom is 0.349 e. The number of nitro benzene ring substituents is 1. The summed E-state index contributed by atoms with van der Waals surface area (Å²) in [5.74, 6) is -0.0715. The zero-order valence-corrected chi connectivity index (χ0v) is 12.6. The number of carbonyl (C=O) groups is 1. The molecule has 0 unspecified atom stereocenters. The van der Waals surface area contributed by atoms with Gasteiger partial charge in [-0.2, -0.15) is 0 Å². The van der Waals surface area contributed by atoms with E-state index in [1.54, 1.807) is 0 Å². The lowest BCUT2D eigenvalue weighted by Crippen LogP contribution is -2.40. The second-order valence-electron chi connectivity index (χ2n) is 5.18. The quantitative estimate of drug-likeness (QED) is 0.452. The largest absolute Gasteiger partial charge is 0.469 e. The lowest BCUT2D eigenvalue weighted by molar-refractivity contribution is -0.386. The molecule has 1 aliphatic rings. The SMILES string of the molecule is CCCOC(=O)C(C)(C)Oc1cc2c(cc1[N+](=O)[O-])OCO2. The molecule has 0 spiro atoms. The number of ether oxygens (including phenoxy) is 4. The van der Waals surface area contributed by atoms with Crippen LogP contribution in [0.5, 0.6) is 17.2 Å². The van der Waals surface area contributed by atoms with Crippen molar-refractivity contribution >= 4 is 11.7 Å². The van der Waals surface area contributed by atoms with Crippen LogP contribution in [0.2, 0.25) is 0 Å². The molecule has 8 heteroatoms. The fraction of sp³-hybridized carbons (Fsp3) is 0.500. The predicted molar refractivity (Wildman–Crippen MR) is 75.2 cm³/mol. The molecule has 0 aromatic heterocycles. The summed E-state index contributed by atoms with van der Waals surface area (Å²) in [6, 6.07) is 2.56. The van der Waals surface area contributed by atoms with Gasteiger partial charge in [-0.05, 0) is 20.3 Å². The Morgan fingerprint density at radius 3 is 2.59 bits per heavy atom. The molecular formula is C14H17NO7. The molecular weight excluding hydrogens is 294 g/mol. The van der Waals surface area contributed by atoms with E-state index in [4.69, 9.17) is 18.9 Å². The third kappa shape index (κ3) is 3.21. The number of nitro groups is 1. The lowest BCUT2D eigenvalue weighted by atomic mass is 10.1. The van der Waals surface area contributed by atoms with E-state index in [1.807, 2.05) is 6.92 Å². The van der Waals surface area contributed by atoms with Crippen molar-refractivity contribution in [2.45, 2.75) is 32.8 Å². The molecule has 1 heterocycles. The molecule has 0 bridgehead atoms. The van der Waals surface area contributed by atoms with Crippen LogP contribution in [-0.2, 0) is 9.53 Å². The van der Waals surface area contributed by atoms with E-state index in [2.05, 4.69) is 0 Å². The van der Waals surface area contributed by atoms with E-state index in [1.165, 1.54) is 26.0 Å². The first kappa shape index (κ1) is 15.9. The van der Waals surface area contributed by atoms with E-state index in [0.29, 0.717) is 12.2 Å². The molecule has 0 saturated heterocycles. The molecule has 0 N–H and O–H groups in total. The minimum Gasteiger partial charge on any atom is -0.469 e. The lowest BCUT2D eigenvalue weighted by Gasteiger charge is -2.24. The Labute approximate surface area is 127 Å². The highest BCUT2D eigenvalue weighted by atomic mass is 16.7. The Balaban J connectivity index is 2.28. The highest BCUT2D eigenvalue weighted by molar-refractivity contribution is 5.79. The van der Waals surface area contributed by atoms with Crippen LogP contribution >= 0.6 is 0 Å². The van der Waals surface area contributed by atoms with E-state index >= 15 is 0 Å². The number of hydrogen-bond donors (Lipinski definition) is 0. The summed E-state index contributed by atoms with van der Waals surface area (Å²) in [5, 5.41) is 11.2. The van der Waals surface area contributed by atoms with Crippen LogP contribution in [0, 0.1) is 10.1 Å². The second kappa shape index (κ2) is 6.08. The average Bonchev–Trinajstić information content (AvgIpc) is 2.90. The first-order valence-corrected chi connectivity index (χ1v) is 6.79. The van der Waals surface area contributed by atoms with Crippen LogP contribution in [0.3, 0.4) is 0 Å². The van der Waals surface area contributed by atoms with Crippen molar-refractivity contribution in [3.05, 3.63) is 22.2 Å². The summed E-state index contributed by atoms with van der Waals surface area (Å²) >= 11 is 0. The molecule has 8 nitrogen and oxygen atoms in total. The van der Waals surface area contributed by atoms with E-state index < -0.39 is 16.5 Å². The highest BCUT2D eigenvalue weighted by Gasteiger charge is 2.35. The van der Waals surface area contributed by atoms with E-state index in [9.17, 15) is 14.9 Å². The number of esters is 1. The standard InChI is InChI=1S/C14H17NO7/c1-4-5-19-13(16)14(2,3)22-10-7-12-11(20-8-21-12)6-9(10)15(17)18/h6-7H,4-5,8H2,1-3H3. The Morgan fingerprint density at radius 1 is 1.36 bits per heavy atom. The van der Waals surface area contributed by atoms with Crippen LogP contribution in [0.15, 0.2) is 12.1 Å². The first-order valence-electron chi connectivity index (χ1n) is 6.79. The van der Waals surface area contributed by atoms with Crippen molar-refractivity contribution < 1.29 is 28.7 Å². The van der Waals surface area contributed by atoms with Gasteiger partial charge in [-0.15, -0.1) is 0 Å². The number of benzene rings is 1. The first-order chi connectivity index (χ1) is 10.3. The van der Waals surface area contributed by atoms with Crippen LogP contribution in [0.4, 0.5) is 5.69 Å². The van der Waals surface area contributed by atoms with Crippen molar-refractivity contribution in [1.82, 2.24) is 0 Å².